The average molecular weight is 491 g/mol. The maximum atomic E-state index is 12.6. The predicted molar refractivity (Wildman–Crippen MR) is 137 cm³/mol. The number of hydrazone groups is 1. The molecule has 188 valence electrons. The summed E-state index contributed by atoms with van der Waals surface area (Å²) in [6, 6.07) is 18.7. The first-order valence-corrected chi connectivity index (χ1v) is 11.8. The molecule has 0 bridgehead atoms. The number of esters is 1. The third-order valence-electron chi connectivity index (χ3n) is 4.84. The van der Waals surface area contributed by atoms with Crippen LogP contribution in [0.5, 0.6) is 23.0 Å². The van der Waals surface area contributed by atoms with Gasteiger partial charge in [-0.25, -0.2) is 10.2 Å². The van der Waals surface area contributed by atoms with E-state index >= 15 is 0 Å². The fourth-order valence-electron chi connectivity index (χ4n) is 3.18. The van der Waals surface area contributed by atoms with Crippen LogP contribution in [0, 0.1) is 0 Å². The lowest BCUT2D eigenvalue weighted by Gasteiger charge is -2.12. The van der Waals surface area contributed by atoms with Gasteiger partial charge in [0.05, 0.1) is 37.2 Å². The predicted octanol–water partition coefficient (Wildman–Crippen LogP) is 5.26. The van der Waals surface area contributed by atoms with E-state index in [0.717, 1.165) is 6.42 Å². The van der Waals surface area contributed by atoms with Crippen molar-refractivity contribution < 1.29 is 28.5 Å². The Kier molecular flexibility index (Phi) is 9.88. The zero-order valence-electron chi connectivity index (χ0n) is 20.7. The first kappa shape index (κ1) is 26.3. The Morgan fingerprint density at radius 3 is 2.28 bits per heavy atom. The molecule has 0 atom stereocenters. The van der Waals surface area contributed by atoms with Crippen molar-refractivity contribution in [2.75, 3.05) is 19.8 Å². The molecule has 3 aromatic carbocycles. The zero-order chi connectivity index (χ0) is 25.8. The molecular weight excluding hydrogens is 460 g/mol. The molecule has 8 heteroatoms. The quantitative estimate of drug-likeness (QED) is 0.161. The minimum Gasteiger partial charge on any atom is -0.494 e. The fourth-order valence-corrected chi connectivity index (χ4v) is 3.18. The van der Waals surface area contributed by atoms with E-state index in [1.807, 2.05) is 20.8 Å². The molecule has 3 rings (SSSR count). The van der Waals surface area contributed by atoms with E-state index in [1.54, 1.807) is 66.7 Å². The number of para-hydroxylation sites is 1. The smallest absolute Gasteiger partial charge is 0.343 e. The third-order valence-corrected chi connectivity index (χ3v) is 4.84. The molecule has 0 radical (unpaired) electrons. The van der Waals surface area contributed by atoms with Crippen LogP contribution in [0.4, 0.5) is 0 Å². The molecule has 36 heavy (non-hydrogen) atoms. The molecule has 0 spiro atoms. The van der Waals surface area contributed by atoms with Gasteiger partial charge in [0.1, 0.15) is 11.5 Å². The summed E-state index contributed by atoms with van der Waals surface area (Å²) in [5.74, 6) is 0.934. The van der Waals surface area contributed by atoms with Gasteiger partial charge in [-0.2, -0.15) is 5.10 Å². The zero-order valence-corrected chi connectivity index (χ0v) is 20.7. The maximum absolute atomic E-state index is 12.6. The Balaban J connectivity index is 1.67. The first-order valence-electron chi connectivity index (χ1n) is 11.8. The van der Waals surface area contributed by atoms with Crippen LogP contribution in [0.3, 0.4) is 0 Å². The van der Waals surface area contributed by atoms with Crippen LogP contribution in [0.1, 0.15) is 53.5 Å². The first-order chi connectivity index (χ1) is 17.5. The van der Waals surface area contributed by atoms with E-state index in [2.05, 4.69) is 10.5 Å². The Morgan fingerprint density at radius 2 is 1.56 bits per heavy atom. The van der Waals surface area contributed by atoms with Crippen molar-refractivity contribution in [2.45, 2.75) is 27.2 Å². The number of hydrogen-bond donors (Lipinski definition) is 1. The Bertz CT molecular complexity index is 1190. The van der Waals surface area contributed by atoms with Crippen molar-refractivity contribution in [1.82, 2.24) is 5.43 Å². The van der Waals surface area contributed by atoms with E-state index in [9.17, 15) is 9.59 Å². The molecular formula is C28H30N2O6. The summed E-state index contributed by atoms with van der Waals surface area (Å²) in [6.07, 6.45) is 2.38. The number of carbonyl (C=O) groups is 2. The highest BCUT2D eigenvalue weighted by Crippen LogP contribution is 2.29. The average Bonchev–Trinajstić information content (AvgIpc) is 2.89. The number of rotatable bonds is 12. The Morgan fingerprint density at radius 1 is 0.833 bits per heavy atom. The third kappa shape index (κ3) is 7.33. The van der Waals surface area contributed by atoms with Gasteiger partial charge in [-0.15, -0.1) is 0 Å². The highest BCUT2D eigenvalue weighted by molar-refractivity contribution is 5.97. The molecule has 1 amide bonds. The topological polar surface area (TPSA) is 95.5 Å². The second-order valence-electron chi connectivity index (χ2n) is 7.53. The molecule has 0 saturated carbocycles. The SMILES string of the molecule is CCCOc1ccc(C(=O)Oc2ccc(C=NNC(=O)c3ccccc3OCC)cc2OCC)cc1. The summed E-state index contributed by atoms with van der Waals surface area (Å²) in [5.41, 5.74) is 3.92. The lowest BCUT2D eigenvalue weighted by atomic mass is 10.2. The Labute approximate surface area is 210 Å². The number of amides is 1. The van der Waals surface area contributed by atoms with E-state index in [-0.39, 0.29) is 5.75 Å². The molecule has 0 aliphatic carbocycles. The molecule has 0 unspecified atom stereocenters. The number of hydrogen-bond acceptors (Lipinski definition) is 7. The summed E-state index contributed by atoms with van der Waals surface area (Å²) < 4.78 is 22.2. The van der Waals surface area contributed by atoms with Crippen LogP contribution in [-0.4, -0.2) is 37.9 Å². The van der Waals surface area contributed by atoms with Crippen molar-refractivity contribution >= 4 is 18.1 Å². The molecule has 0 saturated heterocycles. The van der Waals surface area contributed by atoms with Crippen LogP contribution >= 0.6 is 0 Å². The van der Waals surface area contributed by atoms with Crippen LogP contribution in [0.15, 0.2) is 71.8 Å². The fraction of sp³-hybridized carbons (Fsp3) is 0.250. The molecule has 0 aliphatic heterocycles. The number of benzene rings is 3. The van der Waals surface area contributed by atoms with Crippen LogP contribution in [0.25, 0.3) is 0 Å². The minimum atomic E-state index is -0.514. The summed E-state index contributed by atoms with van der Waals surface area (Å²) >= 11 is 0. The second-order valence-corrected chi connectivity index (χ2v) is 7.53. The highest BCUT2D eigenvalue weighted by atomic mass is 16.6. The van der Waals surface area contributed by atoms with Crippen molar-refractivity contribution in [3.8, 4) is 23.0 Å². The van der Waals surface area contributed by atoms with E-state index < -0.39 is 11.9 Å². The lowest BCUT2D eigenvalue weighted by molar-refractivity contribution is 0.0728. The summed E-state index contributed by atoms with van der Waals surface area (Å²) in [7, 11) is 0. The van der Waals surface area contributed by atoms with Crippen molar-refractivity contribution in [3.05, 3.63) is 83.4 Å². The van der Waals surface area contributed by atoms with Crippen molar-refractivity contribution in [2.24, 2.45) is 5.10 Å². The normalized spacial score (nSPS) is 10.6. The summed E-state index contributed by atoms with van der Waals surface area (Å²) in [6.45, 7) is 7.14. The number of carbonyl (C=O) groups excluding carboxylic acids is 2. The molecule has 0 heterocycles. The molecule has 1 N–H and O–H groups in total. The van der Waals surface area contributed by atoms with Crippen LogP contribution < -0.4 is 24.4 Å². The van der Waals surface area contributed by atoms with Gasteiger partial charge in [0.25, 0.3) is 5.91 Å². The lowest BCUT2D eigenvalue weighted by Crippen LogP contribution is -2.18. The number of nitrogens with zero attached hydrogens (tertiary/aromatic N) is 1. The Hall–Kier alpha value is -4.33. The largest absolute Gasteiger partial charge is 0.494 e. The van der Waals surface area contributed by atoms with Gasteiger partial charge in [0.15, 0.2) is 11.5 Å². The van der Waals surface area contributed by atoms with Crippen molar-refractivity contribution in [1.29, 1.82) is 0 Å². The van der Waals surface area contributed by atoms with Gasteiger partial charge in [0, 0.05) is 0 Å². The van der Waals surface area contributed by atoms with E-state index in [0.29, 0.717) is 53.8 Å². The van der Waals surface area contributed by atoms with Gasteiger partial charge in [-0.1, -0.05) is 19.1 Å². The van der Waals surface area contributed by atoms with Gasteiger partial charge in [-0.05, 0) is 80.4 Å². The summed E-state index contributed by atoms with van der Waals surface area (Å²) in [4.78, 5) is 25.1. The van der Waals surface area contributed by atoms with Gasteiger partial charge in [-0.3, -0.25) is 4.79 Å². The number of nitrogens with one attached hydrogen (secondary N) is 1. The monoisotopic (exact) mass is 490 g/mol. The van der Waals surface area contributed by atoms with Gasteiger partial charge >= 0.3 is 5.97 Å². The molecule has 0 aromatic heterocycles. The highest BCUT2D eigenvalue weighted by Gasteiger charge is 2.14. The van der Waals surface area contributed by atoms with E-state index in [1.165, 1.54) is 6.21 Å². The second kappa shape index (κ2) is 13.5. The number of ether oxygens (including phenoxy) is 4. The van der Waals surface area contributed by atoms with Gasteiger partial charge < -0.3 is 18.9 Å². The molecule has 3 aromatic rings. The van der Waals surface area contributed by atoms with E-state index in [4.69, 9.17) is 18.9 Å². The minimum absolute atomic E-state index is 0.278. The maximum Gasteiger partial charge on any atom is 0.343 e. The van der Waals surface area contributed by atoms with Gasteiger partial charge in [0.2, 0.25) is 0 Å². The molecule has 8 nitrogen and oxygen atoms in total. The standard InChI is InChI=1S/C28H30N2O6/c1-4-17-35-22-14-12-21(13-15-22)28(32)36-25-16-11-20(18-26(25)34-6-3)19-29-30-27(31)23-9-7-8-10-24(23)33-5-2/h7-16,18-19H,4-6,17H2,1-3H3,(H,30,31). The summed E-state index contributed by atoms with van der Waals surface area (Å²) in [5, 5.41) is 4.03. The van der Waals surface area contributed by atoms with Crippen LogP contribution in [0.2, 0.25) is 0 Å². The van der Waals surface area contributed by atoms with Crippen LogP contribution in [-0.2, 0) is 0 Å². The molecule has 0 aliphatic rings. The molecule has 0 fully saturated rings. The van der Waals surface area contributed by atoms with Crippen molar-refractivity contribution in [3.63, 3.8) is 0 Å².